The van der Waals surface area contributed by atoms with E-state index in [9.17, 15) is 0 Å². The van der Waals surface area contributed by atoms with Gasteiger partial charge in [0.1, 0.15) is 0 Å². The van der Waals surface area contributed by atoms with Crippen molar-refractivity contribution in [1.82, 2.24) is 4.98 Å². The zero-order valence-corrected chi connectivity index (χ0v) is 9.45. The minimum atomic E-state index is 0.449. The van der Waals surface area contributed by atoms with Gasteiger partial charge in [0.25, 0.3) is 0 Å². The molecule has 0 spiro atoms. The molecule has 2 nitrogen and oxygen atoms in total. The van der Waals surface area contributed by atoms with Crippen LogP contribution in [0.3, 0.4) is 0 Å². The van der Waals surface area contributed by atoms with Crippen molar-refractivity contribution in [3.8, 4) is 0 Å². The number of nitrogens with one attached hydrogen (secondary N) is 1. The quantitative estimate of drug-likeness (QED) is 0.784. The Morgan fingerprint density at radius 2 is 2.31 bits per heavy atom. The number of nitrogens with zero attached hydrogens (tertiary/aromatic N) is 1. The van der Waals surface area contributed by atoms with Gasteiger partial charge in [-0.1, -0.05) is 27.2 Å². The first-order valence-electron chi connectivity index (χ1n) is 4.77. The first-order valence-corrected chi connectivity index (χ1v) is 5.65. The van der Waals surface area contributed by atoms with Crippen LogP contribution >= 0.6 is 11.3 Å². The second-order valence-corrected chi connectivity index (χ2v) is 4.93. The van der Waals surface area contributed by atoms with E-state index in [0.29, 0.717) is 5.41 Å². The van der Waals surface area contributed by atoms with Gasteiger partial charge in [-0.2, -0.15) is 0 Å². The van der Waals surface area contributed by atoms with Crippen molar-refractivity contribution >= 4 is 16.5 Å². The van der Waals surface area contributed by atoms with Crippen LogP contribution in [0.15, 0.2) is 11.6 Å². The van der Waals surface area contributed by atoms with E-state index in [4.69, 9.17) is 0 Å². The molecule has 1 rings (SSSR count). The molecule has 0 aliphatic heterocycles. The van der Waals surface area contributed by atoms with Crippen molar-refractivity contribution in [3.05, 3.63) is 11.6 Å². The van der Waals surface area contributed by atoms with E-state index < -0.39 is 0 Å². The fourth-order valence-corrected chi connectivity index (χ4v) is 1.55. The van der Waals surface area contributed by atoms with Gasteiger partial charge in [-0.15, -0.1) is 11.3 Å². The van der Waals surface area contributed by atoms with E-state index >= 15 is 0 Å². The topological polar surface area (TPSA) is 24.9 Å². The van der Waals surface area contributed by atoms with Crippen LogP contribution in [0.5, 0.6) is 0 Å². The molecule has 1 N–H and O–H groups in total. The lowest BCUT2D eigenvalue weighted by Crippen LogP contribution is -2.15. The van der Waals surface area contributed by atoms with Gasteiger partial charge < -0.3 is 5.32 Å². The van der Waals surface area contributed by atoms with Crippen molar-refractivity contribution in [2.24, 2.45) is 5.41 Å². The van der Waals surface area contributed by atoms with Crippen LogP contribution in [0, 0.1) is 5.41 Å². The Morgan fingerprint density at radius 1 is 1.54 bits per heavy atom. The third-order valence-corrected chi connectivity index (χ3v) is 3.20. The zero-order chi connectivity index (χ0) is 9.73. The van der Waals surface area contributed by atoms with Crippen LogP contribution in [0.25, 0.3) is 0 Å². The number of aromatic nitrogens is 1. The number of rotatable bonds is 5. The Bertz CT molecular complexity index is 229. The Balaban J connectivity index is 2.21. The van der Waals surface area contributed by atoms with E-state index in [2.05, 4.69) is 31.1 Å². The van der Waals surface area contributed by atoms with Crippen LogP contribution in [0.4, 0.5) is 5.13 Å². The standard InChI is InChI=1S/C10H18N2S/c1-4-10(2,3)5-6-11-9-12-7-8-13-9/h7-8H,4-6H2,1-3H3,(H,11,12). The van der Waals surface area contributed by atoms with E-state index in [-0.39, 0.29) is 0 Å². The van der Waals surface area contributed by atoms with E-state index in [0.717, 1.165) is 11.7 Å². The van der Waals surface area contributed by atoms with Gasteiger partial charge in [-0.25, -0.2) is 4.98 Å². The van der Waals surface area contributed by atoms with E-state index in [1.165, 1.54) is 12.8 Å². The van der Waals surface area contributed by atoms with Gasteiger partial charge in [0.15, 0.2) is 5.13 Å². The molecule has 1 heterocycles. The first kappa shape index (κ1) is 10.5. The summed E-state index contributed by atoms with van der Waals surface area (Å²) in [4.78, 5) is 4.17. The Morgan fingerprint density at radius 3 is 2.85 bits per heavy atom. The molecule has 0 aliphatic carbocycles. The highest BCUT2D eigenvalue weighted by molar-refractivity contribution is 7.13. The first-order chi connectivity index (χ1) is 6.14. The zero-order valence-electron chi connectivity index (χ0n) is 8.63. The summed E-state index contributed by atoms with van der Waals surface area (Å²) >= 11 is 1.66. The van der Waals surface area contributed by atoms with Crippen LogP contribution in [-0.4, -0.2) is 11.5 Å². The second-order valence-electron chi connectivity index (χ2n) is 4.03. The van der Waals surface area contributed by atoms with Crippen molar-refractivity contribution in [2.45, 2.75) is 33.6 Å². The van der Waals surface area contributed by atoms with Gasteiger partial charge in [-0.3, -0.25) is 0 Å². The lowest BCUT2D eigenvalue weighted by Gasteiger charge is -2.22. The van der Waals surface area contributed by atoms with Crippen molar-refractivity contribution in [3.63, 3.8) is 0 Å². The molecule has 0 amide bonds. The summed E-state index contributed by atoms with van der Waals surface area (Å²) in [6.45, 7) is 7.87. The summed E-state index contributed by atoms with van der Waals surface area (Å²) in [7, 11) is 0. The van der Waals surface area contributed by atoms with E-state index in [1.54, 1.807) is 11.3 Å². The molecule has 0 atom stereocenters. The number of hydrogen-bond acceptors (Lipinski definition) is 3. The normalized spacial score (nSPS) is 11.6. The highest BCUT2D eigenvalue weighted by atomic mass is 32.1. The molecule has 13 heavy (non-hydrogen) atoms. The molecule has 0 aliphatic rings. The van der Waals surface area contributed by atoms with Gasteiger partial charge in [0, 0.05) is 18.1 Å². The monoisotopic (exact) mass is 198 g/mol. The highest BCUT2D eigenvalue weighted by Crippen LogP contribution is 2.24. The Hall–Kier alpha value is -0.570. The summed E-state index contributed by atoms with van der Waals surface area (Å²) in [5.41, 5.74) is 0.449. The second kappa shape index (κ2) is 4.61. The maximum Gasteiger partial charge on any atom is 0.182 e. The third kappa shape index (κ3) is 3.77. The predicted octanol–water partition coefficient (Wildman–Crippen LogP) is 3.38. The van der Waals surface area contributed by atoms with E-state index in [1.807, 2.05) is 11.6 Å². The lowest BCUT2D eigenvalue weighted by atomic mass is 9.87. The molecule has 1 aromatic rings. The average Bonchev–Trinajstić information content (AvgIpc) is 2.57. The summed E-state index contributed by atoms with van der Waals surface area (Å²) < 4.78 is 0. The molecule has 0 unspecified atom stereocenters. The number of anilines is 1. The van der Waals surface area contributed by atoms with Crippen LogP contribution in [-0.2, 0) is 0 Å². The van der Waals surface area contributed by atoms with Gasteiger partial charge in [0.2, 0.25) is 0 Å². The highest BCUT2D eigenvalue weighted by Gasteiger charge is 2.13. The van der Waals surface area contributed by atoms with Crippen molar-refractivity contribution < 1.29 is 0 Å². The average molecular weight is 198 g/mol. The molecule has 0 bridgehead atoms. The molecule has 0 radical (unpaired) electrons. The number of hydrogen-bond donors (Lipinski definition) is 1. The molecule has 1 aromatic heterocycles. The van der Waals surface area contributed by atoms with Crippen molar-refractivity contribution in [2.75, 3.05) is 11.9 Å². The molecule has 74 valence electrons. The predicted molar refractivity (Wildman–Crippen MR) is 59.3 cm³/mol. The molecular formula is C10H18N2S. The third-order valence-electron chi connectivity index (χ3n) is 2.47. The summed E-state index contributed by atoms with van der Waals surface area (Å²) in [6, 6.07) is 0. The summed E-state index contributed by atoms with van der Waals surface area (Å²) in [5.74, 6) is 0. The van der Waals surface area contributed by atoms with Gasteiger partial charge >= 0.3 is 0 Å². The van der Waals surface area contributed by atoms with Crippen LogP contribution < -0.4 is 5.32 Å². The molecule has 0 saturated heterocycles. The maximum atomic E-state index is 4.17. The molecule has 0 saturated carbocycles. The molecule has 3 heteroatoms. The smallest absolute Gasteiger partial charge is 0.182 e. The van der Waals surface area contributed by atoms with Crippen LogP contribution in [0.2, 0.25) is 0 Å². The minimum absolute atomic E-state index is 0.449. The van der Waals surface area contributed by atoms with Gasteiger partial charge in [0.05, 0.1) is 0 Å². The Labute approximate surface area is 84.4 Å². The molecule has 0 fully saturated rings. The minimum Gasteiger partial charge on any atom is -0.362 e. The fraction of sp³-hybridized carbons (Fsp3) is 0.700. The van der Waals surface area contributed by atoms with Gasteiger partial charge in [-0.05, 0) is 11.8 Å². The number of thiazole rings is 1. The fourth-order valence-electron chi connectivity index (χ4n) is 0.995. The lowest BCUT2D eigenvalue weighted by molar-refractivity contribution is 0.332. The summed E-state index contributed by atoms with van der Waals surface area (Å²) in [5, 5.41) is 6.35. The summed E-state index contributed by atoms with van der Waals surface area (Å²) in [6.07, 6.45) is 4.26. The molecule has 0 aromatic carbocycles. The SMILES string of the molecule is CCC(C)(C)CCNc1nccs1. The molecular weight excluding hydrogens is 180 g/mol. The maximum absolute atomic E-state index is 4.17. The van der Waals surface area contributed by atoms with Crippen LogP contribution in [0.1, 0.15) is 33.6 Å². The van der Waals surface area contributed by atoms with Crippen molar-refractivity contribution in [1.29, 1.82) is 0 Å². The Kier molecular flexibility index (Phi) is 3.72. The largest absolute Gasteiger partial charge is 0.362 e.